The van der Waals surface area contributed by atoms with Crippen molar-refractivity contribution in [3.05, 3.63) is 0 Å². The molecule has 0 amide bonds. The zero-order chi connectivity index (χ0) is 8.49. The summed E-state index contributed by atoms with van der Waals surface area (Å²) in [5.41, 5.74) is 0. The standard InChI is InChI=1S/C8H17NOS2/c1-3-10-4-6-12-8-7-11-5-2-9-1/h9H,1-8H2. The monoisotopic (exact) mass is 207 g/mol. The first-order valence-corrected chi connectivity index (χ1v) is 6.75. The molecule has 1 saturated heterocycles. The van der Waals surface area contributed by atoms with Crippen molar-refractivity contribution in [2.24, 2.45) is 0 Å². The fourth-order valence-electron chi connectivity index (χ4n) is 0.956. The molecule has 0 bridgehead atoms. The Bertz CT molecular complexity index is 60.0. The molecule has 0 aliphatic carbocycles. The maximum absolute atomic E-state index is 5.42. The van der Waals surface area contributed by atoms with Gasteiger partial charge in [0.1, 0.15) is 0 Å². The van der Waals surface area contributed by atoms with Gasteiger partial charge in [-0.3, -0.25) is 0 Å². The summed E-state index contributed by atoms with van der Waals surface area (Å²) >= 11 is 4.05. The zero-order valence-electron chi connectivity index (χ0n) is 7.38. The Morgan fingerprint density at radius 3 is 2.58 bits per heavy atom. The minimum Gasteiger partial charge on any atom is -0.379 e. The van der Waals surface area contributed by atoms with E-state index in [4.69, 9.17) is 4.74 Å². The molecule has 0 atom stereocenters. The van der Waals surface area contributed by atoms with Crippen molar-refractivity contribution in [1.82, 2.24) is 5.32 Å². The van der Waals surface area contributed by atoms with Crippen LogP contribution in [0.4, 0.5) is 0 Å². The molecule has 0 spiro atoms. The maximum Gasteiger partial charge on any atom is 0.0591 e. The molecule has 12 heavy (non-hydrogen) atoms. The van der Waals surface area contributed by atoms with Crippen LogP contribution in [0.15, 0.2) is 0 Å². The molecule has 1 aliphatic rings. The van der Waals surface area contributed by atoms with Crippen molar-refractivity contribution in [2.45, 2.75) is 0 Å². The Morgan fingerprint density at radius 1 is 0.833 bits per heavy atom. The summed E-state index contributed by atoms with van der Waals surface area (Å²) in [6, 6.07) is 0. The van der Waals surface area contributed by atoms with Crippen LogP contribution in [0.2, 0.25) is 0 Å². The van der Waals surface area contributed by atoms with Gasteiger partial charge in [0.25, 0.3) is 0 Å². The molecule has 0 aromatic rings. The fourth-order valence-corrected chi connectivity index (χ4v) is 2.83. The number of thioether (sulfide) groups is 2. The Morgan fingerprint density at radius 2 is 1.67 bits per heavy atom. The van der Waals surface area contributed by atoms with Gasteiger partial charge in [-0.05, 0) is 0 Å². The van der Waals surface area contributed by atoms with Crippen LogP contribution >= 0.6 is 23.5 Å². The highest BCUT2D eigenvalue weighted by Crippen LogP contribution is 2.06. The van der Waals surface area contributed by atoms with E-state index >= 15 is 0 Å². The van der Waals surface area contributed by atoms with E-state index in [1.165, 1.54) is 17.3 Å². The number of ether oxygens (including phenoxy) is 1. The van der Waals surface area contributed by atoms with Crippen LogP contribution in [0.25, 0.3) is 0 Å². The molecule has 2 nitrogen and oxygen atoms in total. The molecule has 0 unspecified atom stereocenters. The molecule has 1 rings (SSSR count). The molecule has 1 N–H and O–H groups in total. The van der Waals surface area contributed by atoms with Crippen molar-refractivity contribution in [3.8, 4) is 0 Å². The van der Waals surface area contributed by atoms with Crippen LogP contribution in [0.1, 0.15) is 0 Å². The van der Waals surface area contributed by atoms with Crippen LogP contribution in [-0.4, -0.2) is 49.3 Å². The summed E-state index contributed by atoms with van der Waals surface area (Å²) in [4.78, 5) is 0. The maximum atomic E-state index is 5.42. The van der Waals surface area contributed by atoms with Crippen molar-refractivity contribution in [3.63, 3.8) is 0 Å². The average Bonchev–Trinajstić information content (AvgIpc) is 2.05. The summed E-state index contributed by atoms with van der Waals surface area (Å²) < 4.78 is 5.42. The highest BCUT2D eigenvalue weighted by atomic mass is 32.2. The third kappa shape index (κ3) is 6.17. The number of hydrogen-bond acceptors (Lipinski definition) is 4. The van der Waals surface area contributed by atoms with E-state index in [1.807, 2.05) is 23.5 Å². The van der Waals surface area contributed by atoms with Crippen LogP contribution in [0.3, 0.4) is 0 Å². The Hall–Kier alpha value is 0.620. The zero-order valence-corrected chi connectivity index (χ0v) is 9.01. The Labute approximate surface area is 83.2 Å². The van der Waals surface area contributed by atoms with Crippen molar-refractivity contribution in [1.29, 1.82) is 0 Å². The van der Waals surface area contributed by atoms with E-state index < -0.39 is 0 Å². The van der Waals surface area contributed by atoms with Gasteiger partial charge in [-0.2, -0.15) is 23.5 Å². The lowest BCUT2D eigenvalue weighted by molar-refractivity contribution is 0.152. The van der Waals surface area contributed by atoms with Crippen molar-refractivity contribution in [2.75, 3.05) is 49.3 Å². The van der Waals surface area contributed by atoms with E-state index in [1.54, 1.807) is 0 Å². The lowest BCUT2D eigenvalue weighted by Gasteiger charge is -2.08. The smallest absolute Gasteiger partial charge is 0.0591 e. The first-order valence-electron chi connectivity index (χ1n) is 4.44. The Balaban J connectivity index is 2.00. The van der Waals surface area contributed by atoms with E-state index in [-0.39, 0.29) is 0 Å². The molecule has 1 aliphatic heterocycles. The first-order chi connectivity index (χ1) is 6.00. The largest absolute Gasteiger partial charge is 0.379 e. The summed E-state index contributed by atoms with van der Waals surface area (Å²) in [5.74, 6) is 4.95. The highest BCUT2D eigenvalue weighted by molar-refractivity contribution is 8.02. The molecule has 1 heterocycles. The lowest BCUT2D eigenvalue weighted by atomic mass is 10.6. The van der Waals surface area contributed by atoms with Gasteiger partial charge in [-0.1, -0.05) is 0 Å². The molecule has 1 fully saturated rings. The molecule has 0 radical (unpaired) electrons. The minimum atomic E-state index is 0.866. The van der Waals surface area contributed by atoms with Gasteiger partial charge < -0.3 is 10.1 Å². The van der Waals surface area contributed by atoms with E-state index in [9.17, 15) is 0 Å². The second kappa shape index (κ2) is 8.23. The molecular formula is C8H17NOS2. The van der Waals surface area contributed by atoms with Gasteiger partial charge in [0.2, 0.25) is 0 Å². The third-order valence-corrected chi connectivity index (χ3v) is 3.78. The van der Waals surface area contributed by atoms with Gasteiger partial charge >= 0.3 is 0 Å². The fraction of sp³-hybridized carbons (Fsp3) is 1.00. The quantitative estimate of drug-likeness (QED) is 0.641. The number of hydrogen-bond donors (Lipinski definition) is 1. The van der Waals surface area contributed by atoms with Crippen LogP contribution in [-0.2, 0) is 4.74 Å². The van der Waals surface area contributed by atoms with Crippen molar-refractivity contribution < 1.29 is 4.74 Å². The van der Waals surface area contributed by atoms with Gasteiger partial charge in [0, 0.05) is 36.1 Å². The van der Waals surface area contributed by atoms with E-state index in [0.29, 0.717) is 0 Å². The summed E-state index contributed by atoms with van der Waals surface area (Å²) in [6.07, 6.45) is 0. The second-order valence-corrected chi connectivity index (χ2v) is 5.04. The van der Waals surface area contributed by atoms with Gasteiger partial charge in [-0.15, -0.1) is 0 Å². The molecule has 0 saturated carbocycles. The summed E-state index contributed by atoms with van der Waals surface area (Å²) in [6.45, 7) is 3.91. The molecule has 4 heteroatoms. The van der Waals surface area contributed by atoms with Gasteiger partial charge in [0.15, 0.2) is 0 Å². The molecular weight excluding hydrogens is 190 g/mol. The summed E-state index contributed by atoms with van der Waals surface area (Å²) in [5, 5.41) is 3.35. The first kappa shape index (κ1) is 10.7. The normalized spacial score (nSPS) is 24.0. The SMILES string of the molecule is C1COCCSCCSCCN1. The predicted molar refractivity (Wildman–Crippen MR) is 58.3 cm³/mol. The molecule has 0 aromatic carbocycles. The second-order valence-electron chi connectivity index (χ2n) is 2.59. The minimum absolute atomic E-state index is 0.866. The van der Waals surface area contributed by atoms with E-state index in [2.05, 4.69) is 5.32 Å². The topological polar surface area (TPSA) is 21.3 Å². The van der Waals surface area contributed by atoms with Crippen LogP contribution < -0.4 is 5.32 Å². The van der Waals surface area contributed by atoms with Gasteiger partial charge in [0.05, 0.1) is 13.2 Å². The third-order valence-electron chi connectivity index (χ3n) is 1.59. The summed E-state index contributed by atoms with van der Waals surface area (Å²) in [7, 11) is 0. The predicted octanol–water partition coefficient (Wildman–Crippen LogP) is 1.07. The lowest BCUT2D eigenvalue weighted by Crippen LogP contribution is -2.23. The van der Waals surface area contributed by atoms with E-state index in [0.717, 1.165) is 32.1 Å². The van der Waals surface area contributed by atoms with Crippen LogP contribution in [0, 0.1) is 0 Å². The van der Waals surface area contributed by atoms with Crippen molar-refractivity contribution >= 4 is 23.5 Å². The van der Waals surface area contributed by atoms with Crippen LogP contribution in [0.5, 0.6) is 0 Å². The van der Waals surface area contributed by atoms with Gasteiger partial charge in [-0.25, -0.2) is 0 Å². The number of nitrogens with one attached hydrogen (secondary N) is 1. The average molecular weight is 207 g/mol. The Kier molecular flexibility index (Phi) is 7.34. The molecule has 72 valence electrons. The highest BCUT2D eigenvalue weighted by Gasteiger charge is 1.95. The number of rotatable bonds is 0. The molecule has 0 aromatic heterocycles.